The van der Waals surface area contributed by atoms with Crippen LogP contribution in [0.15, 0.2) is 0 Å². The molecule has 1 atom stereocenters. The van der Waals surface area contributed by atoms with Gasteiger partial charge in [-0.3, -0.25) is 0 Å². The molecule has 0 aromatic carbocycles. The first kappa shape index (κ1) is 10.7. The maximum Gasteiger partial charge on any atom is -0.00400 e. The van der Waals surface area contributed by atoms with Crippen molar-refractivity contribution in [2.24, 2.45) is 0 Å². The van der Waals surface area contributed by atoms with E-state index in [1.807, 2.05) is 0 Å². The second kappa shape index (κ2) is 5.38. The standard InChI is InChI=1S/C8H18ClP/c1-4-5-6-7-8(2,3)10-9/h10H,4-7H2,1-3H3. The maximum atomic E-state index is 5.80. The van der Waals surface area contributed by atoms with E-state index in [9.17, 15) is 0 Å². The first-order chi connectivity index (χ1) is 4.62. The van der Waals surface area contributed by atoms with Crippen LogP contribution in [-0.2, 0) is 0 Å². The summed E-state index contributed by atoms with van der Waals surface area (Å²) < 4.78 is 0. The lowest BCUT2D eigenvalue weighted by atomic mass is 10.0. The quantitative estimate of drug-likeness (QED) is 0.440. The van der Waals surface area contributed by atoms with Gasteiger partial charge >= 0.3 is 0 Å². The minimum absolute atomic E-state index is 0.386. The maximum absolute atomic E-state index is 5.80. The molecule has 0 nitrogen and oxygen atoms in total. The van der Waals surface area contributed by atoms with Gasteiger partial charge in [0.2, 0.25) is 0 Å². The normalized spacial score (nSPS) is 13.2. The molecule has 0 rings (SSSR count). The molecule has 0 spiro atoms. The summed E-state index contributed by atoms with van der Waals surface area (Å²) in [4.78, 5) is 0. The van der Waals surface area contributed by atoms with Gasteiger partial charge in [-0.2, -0.15) is 0 Å². The fourth-order valence-electron chi connectivity index (χ4n) is 0.864. The van der Waals surface area contributed by atoms with Crippen LogP contribution in [0.4, 0.5) is 0 Å². The lowest BCUT2D eigenvalue weighted by Gasteiger charge is -2.20. The first-order valence-corrected chi connectivity index (χ1v) is 6.01. The molecular weight excluding hydrogens is 163 g/mol. The minimum atomic E-state index is 0.386. The van der Waals surface area contributed by atoms with E-state index in [1.165, 1.54) is 25.7 Å². The zero-order chi connectivity index (χ0) is 8.04. The molecule has 0 aromatic heterocycles. The van der Waals surface area contributed by atoms with Crippen molar-refractivity contribution >= 4 is 19.2 Å². The van der Waals surface area contributed by atoms with Gasteiger partial charge in [0.05, 0.1) is 0 Å². The molecule has 0 radical (unpaired) electrons. The Bertz CT molecular complexity index is 81.3. The molecule has 0 saturated carbocycles. The summed E-state index contributed by atoms with van der Waals surface area (Å²) in [5.41, 5.74) is 0. The summed E-state index contributed by atoms with van der Waals surface area (Å²) in [5.74, 6) is 0. The van der Waals surface area contributed by atoms with Gasteiger partial charge in [0.1, 0.15) is 0 Å². The molecule has 0 amide bonds. The molecule has 0 N–H and O–H groups in total. The van der Waals surface area contributed by atoms with Gasteiger partial charge in [0.25, 0.3) is 0 Å². The smallest absolute Gasteiger partial charge is 0.00400 e. The number of hydrogen-bond acceptors (Lipinski definition) is 0. The SMILES string of the molecule is CCCCCC(C)(C)PCl. The molecule has 0 fully saturated rings. The van der Waals surface area contributed by atoms with Gasteiger partial charge in [-0.25, -0.2) is 0 Å². The Balaban J connectivity index is 3.28. The highest BCUT2D eigenvalue weighted by molar-refractivity contribution is 7.69. The molecule has 2 heteroatoms. The second-order valence-electron chi connectivity index (χ2n) is 3.44. The van der Waals surface area contributed by atoms with Gasteiger partial charge in [-0.05, 0) is 19.5 Å². The molecule has 0 heterocycles. The number of rotatable bonds is 5. The van der Waals surface area contributed by atoms with Gasteiger partial charge in [0, 0.05) is 0 Å². The van der Waals surface area contributed by atoms with Crippen LogP contribution in [-0.4, -0.2) is 5.16 Å². The predicted octanol–water partition coefficient (Wildman–Crippen LogP) is 4.18. The third-order valence-corrected chi connectivity index (χ3v) is 3.96. The highest BCUT2D eigenvalue weighted by Gasteiger charge is 2.14. The van der Waals surface area contributed by atoms with E-state index in [0.29, 0.717) is 13.1 Å². The molecule has 0 aliphatic rings. The van der Waals surface area contributed by atoms with Crippen LogP contribution >= 0.6 is 19.2 Å². The van der Waals surface area contributed by atoms with Crippen molar-refractivity contribution in [1.29, 1.82) is 0 Å². The largest absolute Gasteiger partial charge is 0.0995 e. The Morgan fingerprint density at radius 1 is 1.30 bits per heavy atom. The lowest BCUT2D eigenvalue weighted by Crippen LogP contribution is -2.09. The van der Waals surface area contributed by atoms with Crippen molar-refractivity contribution in [3.63, 3.8) is 0 Å². The fraction of sp³-hybridized carbons (Fsp3) is 1.00. The summed E-state index contributed by atoms with van der Waals surface area (Å²) in [6, 6.07) is 0. The second-order valence-corrected chi connectivity index (χ2v) is 5.54. The average molecular weight is 181 g/mol. The minimum Gasteiger partial charge on any atom is -0.0995 e. The zero-order valence-corrected chi connectivity index (χ0v) is 8.96. The lowest BCUT2D eigenvalue weighted by molar-refractivity contribution is 0.571. The molecule has 0 aliphatic heterocycles. The number of halogens is 1. The van der Waals surface area contributed by atoms with Crippen molar-refractivity contribution in [2.45, 2.75) is 51.6 Å². The monoisotopic (exact) mass is 180 g/mol. The number of hydrogen-bond donors (Lipinski definition) is 0. The van der Waals surface area contributed by atoms with E-state index < -0.39 is 0 Å². The first-order valence-electron chi connectivity index (χ1n) is 4.00. The third-order valence-electron chi connectivity index (χ3n) is 1.66. The molecule has 0 saturated heterocycles. The topological polar surface area (TPSA) is 0 Å². The van der Waals surface area contributed by atoms with E-state index >= 15 is 0 Å². The van der Waals surface area contributed by atoms with Crippen LogP contribution in [0.3, 0.4) is 0 Å². The van der Waals surface area contributed by atoms with Crippen LogP contribution in [0.1, 0.15) is 46.5 Å². The van der Waals surface area contributed by atoms with E-state index in [-0.39, 0.29) is 0 Å². The van der Waals surface area contributed by atoms with Crippen LogP contribution in [0, 0.1) is 0 Å². The van der Waals surface area contributed by atoms with Crippen LogP contribution in [0.25, 0.3) is 0 Å². The van der Waals surface area contributed by atoms with Crippen molar-refractivity contribution in [3.05, 3.63) is 0 Å². The fourth-order valence-corrected chi connectivity index (χ4v) is 1.42. The van der Waals surface area contributed by atoms with Crippen LogP contribution in [0.5, 0.6) is 0 Å². The zero-order valence-electron chi connectivity index (χ0n) is 7.21. The van der Waals surface area contributed by atoms with Gasteiger partial charge in [-0.1, -0.05) is 51.3 Å². The Kier molecular flexibility index (Phi) is 5.77. The summed E-state index contributed by atoms with van der Waals surface area (Å²) >= 11 is 5.80. The number of unbranched alkanes of at least 4 members (excludes halogenated alkanes) is 2. The molecule has 0 aromatic rings. The molecule has 0 bridgehead atoms. The van der Waals surface area contributed by atoms with E-state index in [1.54, 1.807) is 0 Å². The molecule has 62 valence electrons. The van der Waals surface area contributed by atoms with Crippen LogP contribution in [0.2, 0.25) is 0 Å². The van der Waals surface area contributed by atoms with Crippen molar-refractivity contribution in [2.75, 3.05) is 0 Å². The Morgan fingerprint density at radius 3 is 2.30 bits per heavy atom. The Labute approximate surface area is 71.3 Å². The summed E-state index contributed by atoms with van der Waals surface area (Å²) in [5, 5.41) is 0.386. The average Bonchev–Trinajstić information content (AvgIpc) is 1.89. The van der Waals surface area contributed by atoms with E-state index in [2.05, 4.69) is 20.8 Å². The van der Waals surface area contributed by atoms with E-state index in [0.717, 1.165) is 0 Å². The Morgan fingerprint density at radius 2 is 1.90 bits per heavy atom. The van der Waals surface area contributed by atoms with Crippen molar-refractivity contribution in [3.8, 4) is 0 Å². The predicted molar refractivity (Wildman–Crippen MR) is 52.4 cm³/mol. The van der Waals surface area contributed by atoms with Crippen LogP contribution < -0.4 is 0 Å². The highest BCUT2D eigenvalue weighted by Crippen LogP contribution is 2.38. The molecule has 1 unspecified atom stereocenters. The van der Waals surface area contributed by atoms with Gasteiger partial charge in [-0.15, -0.1) is 0 Å². The summed E-state index contributed by atoms with van der Waals surface area (Å²) in [6.07, 6.45) is 5.28. The molecular formula is C8H18ClP. The summed E-state index contributed by atoms with van der Waals surface area (Å²) in [7, 11) is 0.568. The van der Waals surface area contributed by atoms with E-state index in [4.69, 9.17) is 11.2 Å². The Hall–Kier alpha value is 0.720. The summed E-state index contributed by atoms with van der Waals surface area (Å²) in [6.45, 7) is 6.72. The third kappa shape index (κ3) is 5.50. The van der Waals surface area contributed by atoms with Crippen molar-refractivity contribution < 1.29 is 0 Å². The highest BCUT2D eigenvalue weighted by atomic mass is 35.7. The molecule has 10 heavy (non-hydrogen) atoms. The van der Waals surface area contributed by atoms with Crippen molar-refractivity contribution in [1.82, 2.24) is 0 Å². The van der Waals surface area contributed by atoms with Gasteiger partial charge < -0.3 is 0 Å². The van der Waals surface area contributed by atoms with Gasteiger partial charge in [0.15, 0.2) is 0 Å². The molecule has 0 aliphatic carbocycles.